The van der Waals surface area contributed by atoms with E-state index < -0.39 is 54.0 Å². The van der Waals surface area contributed by atoms with Crippen LogP contribution in [0.5, 0.6) is 0 Å². The summed E-state index contributed by atoms with van der Waals surface area (Å²) in [5.74, 6) is -3.63. The third-order valence-corrected chi connectivity index (χ3v) is 5.17. The normalized spacial score (nSPS) is 16.6. The summed E-state index contributed by atoms with van der Waals surface area (Å²) in [6.07, 6.45) is -0.660. The number of nitrogens with one attached hydrogen (secondary N) is 3. The summed E-state index contributed by atoms with van der Waals surface area (Å²) in [5, 5.41) is 26.9. The lowest BCUT2D eigenvalue weighted by atomic mass is 9.96. The summed E-state index contributed by atoms with van der Waals surface area (Å²) in [7, 11) is 0. The van der Waals surface area contributed by atoms with Gasteiger partial charge in [-0.1, -0.05) is 50.6 Å². The zero-order valence-corrected chi connectivity index (χ0v) is 18.9. The largest absolute Gasteiger partial charge is 0.480 e. The number of rotatable bonds is 12. The number of carbonyl (C=O) groups is 4. The van der Waals surface area contributed by atoms with Crippen molar-refractivity contribution in [1.82, 2.24) is 16.0 Å². The minimum Gasteiger partial charge on any atom is -0.480 e. The Bertz CT molecular complexity index is 784. The van der Waals surface area contributed by atoms with Gasteiger partial charge in [-0.25, -0.2) is 4.79 Å². The molecule has 10 nitrogen and oxygen atoms in total. The Morgan fingerprint density at radius 2 is 1.44 bits per heavy atom. The number of hydrogen-bond donors (Lipinski definition) is 6. The third-order valence-electron chi connectivity index (χ3n) is 5.17. The van der Waals surface area contributed by atoms with E-state index in [0.29, 0.717) is 6.42 Å². The number of hydrogen-bond acceptors (Lipinski definition) is 6. The van der Waals surface area contributed by atoms with E-state index in [1.807, 2.05) is 6.92 Å². The SMILES string of the molecule is CCC(C)C(NC(=O)C(NC(=O)C(C)N)C(C)O)C(=O)NC(Cc1ccccc1)C(=O)O. The van der Waals surface area contributed by atoms with Crippen molar-refractivity contribution in [3.8, 4) is 0 Å². The van der Waals surface area contributed by atoms with Crippen LogP contribution in [0.2, 0.25) is 0 Å². The number of aliphatic hydroxyl groups excluding tert-OH is 1. The predicted molar refractivity (Wildman–Crippen MR) is 118 cm³/mol. The van der Waals surface area contributed by atoms with Crippen LogP contribution in [0.15, 0.2) is 30.3 Å². The molecular formula is C22H34N4O6. The van der Waals surface area contributed by atoms with Gasteiger partial charge in [0.2, 0.25) is 17.7 Å². The van der Waals surface area contributed by atoms with Gasteiger partial charge in [0.05, 0.1) is 12.1 Å². The number of aliphatic carboxylic acids is 1. The monoisotopic (exact) mass is 450 g/mol. The molecule has 0 heterocycles. The molecule has 0 radical (unpaired) electrons. The van der Waals surface area contributed by atoms with E-state index in [-0.39, 0.29) is 12.3 Å². The van der Waals surface area contributed by atoms with Crippen molar-refractivity contribution in [3.63, 3.8) is 0 Å². The fourth-order valence-corrected chi connectivity index (χ4v) is 2.95. The predicted octanol–water partition coefficient (Wildman–Crippen LogP) is -0.458. The Labute approximate surface area is 187 Å². The summed E-state index contributed by atoms with van der Waals surface area (Å²) in [6.45, 7) is 6.31. The molecule has 7 N–H and O–H groups in total. The van der Waals surface area contributed by atoms with Crippen LogP contribution >= 0.6 is 0 Å². The molecule has 0 spiro atoms. The Balaban J connectivity index is 2.99. The molecule has 0 saturated carbocycles. The van der Waals surface area contributed by atoms with Crippen molar-refractivity contribution in [1.29, 1.82) is 0 Å². The average Bonchev–Trinajstić information content (AvgIpc) is 2.74. The summed E-state index contributed by atoms with van der Waals surface area (Å²) >= 11 is 0. The van der Waals surface area contributed by atoms with Gasteiger partial charge in [0, 0.05) is 6.42 Å². The number of aliphatic hydroxyl groups is 1. The lowest BCUT2D eigenvalue weighted by Gasteiger charge is -2.28. The molecule has 178 valence electrons. The summed E-state index contributed by atoms with van der Waals surface area (Å²) in [4.78, 5) is 49.3. The van der Waals surface area contributed by atoms with Crippen molar-refractivity contribution in [2.75, 3.05) is 0 Å². The smallest absolute Gasteiger partial charge is 0.326 e. The molecular weight excluding hydrogens is 416 g/mol. The number of carboxylic acids is 1. The minimum absolute atomic E-state index is 0.0732. The van der Waals surface area contributed by atoms with Crippen LogP contribution in [0, 0.1) is 5.92 Å². The van der Waals surface area contributed by atoms with Gasteiger partial charge in [-0.05, 0) is 25.3 Å². The molecule has 0 aliphatic rings. The van der Waals surface area contributed by atoms with Crippen LogP contribution in [0.4, 0.5) is 0 Å². The van der Waals surface area contributed by atoms with Crippen molar-refractivity contribution in [3.05, 3.63) is 35.9 Å². The van der Waals surface area contributed by atoms with Crippen molar-refractivity contribution in [2.45, 2.75) is 70.8 Å². The topological polar surface area (TPSA) is 171 Å². The van der Waals surface area contributed by atoms with Gasteiger partial charge in [-0.2, -0.15) is 0 Å². The fourth-order valence-electron chi connectivity index (χ4n) is 2.95. The minimum atomic E-state index is -1.33. The summed E-state index contributed by atoms with van der Waals surface area (Å²) in [6, 6.07) is 4.36. The van der Waals surface area contributed by atoms with E-state index in [1.54, 1.807) is 37.3 Å². The number of carbonyl (C=O) groups excluding carboxylic acids is 3. The van der Waals surface area contributed by atoms with Gasteiger partial charge < -0.3 is 31.9 Å². The first kappa shape index (κ1) is 27.1. The van der Waals surface area contributed by atoms with Crippen molar-refractivity contribution >= 4 is 23.7 Å². The lowest BCUT2D eigenvalue weighted by molar-refractivity contribution is -0.142. The van der Waals surface area contributed by atoms with E-state index in [4.69, 9.17) is 5.73 Å². The van der Waals surface area contributed by atoms with Crippen molar-refractivity contribution in [2.24, 2.45) is 11.7 Å². The van der Waals surface area contributed by atoms with Gasteiger partial charge in [0.15, 0.2) is 0 Å². The number of carboxylic acid groups (broad SMARTS) is 1. The Hall–Kier alpha value is -2.98. The molecule has 1 aromatic rings. The Morgan fingerprint density at radius 1 is 0.906 bits per heavy atom. The number of benzene rings is 1. The van der Waals surface area contributed by atoms with E-state index in [9.17, 15) is 29.4 Å². The molecule has 0 aromatic heterocycles. The highest BCUT2D eigenvalue weighted by molar-refractivity contribution is 5.94. The Morgan fingerprint density at radius 3 is 1.91 bits per heavy atom. The second-order valence-electron chi connectivity index (χ2n) is 7.98. The highest BCUT2D eigenvalue weighted by Gasteiger charge is 2.34. The average molecular weight is 451 g/mol. The zero-order chi connectivity index (χ0) is 24.4. The molecule has 10 heteroatoms. The van der Waals surface area contributed by atoms with E-state index >= 15 is 0 Å². The van der Waals surface area contributed by atoms with Crippen molar-refractivity contribution < 1.29 is 29.4 Å². The highest BCUT2D eigenvalue weighted by Crippen LogP contribution is 2.11. The molecule has 6 unspecified atom stereocenters. The summed E-state index contributed by atoms with van der Waals surface area (Å²) in [5.41, 5.74) is 6.24. The van der Waals surface area contributed by atoms with Crippen LogP contribution in [0.1, 0.15) is 39.7 Å². The number of nitrogens with two attached hydrogens (primary N) is 1. The number of amides is 3. The first-order valence-electron chi connectivity index (χ1n) is 10.6. The maximum atomic E-state index is 12.9. The van der Waals surface area contributed by atoms with Gasteiger partial charge in [-0.3, -0.25) is 14.4 Å². The van der Waals surface area contributed by atoms with E-state index in [0.717, 1.165) is 5.56 Å². The van der Waals surface area contributed by atoms with Crippen LogP contribution in [0.25, 0.3) is 0 Å². The molecule has 0 aliphatic carbocycles. The van der Waals surface area contributed by atoms with Gasteiger partial charge >= 0.3 is 5.97 Å². The summed E-state index contributed by atoms with van der Waals surface area (Å²) < 4.78 is 0. The van der Waals surface area contributed by atoms with Gasteiger partial charge in [0.25, 0.3) is 0 Å². The van der Waals surface area contributed by atoms with E-state index in [2.05, 4.69) is 16.0 Å². The first-order valence-corrected chi connectivity index (χ1v) is 10.6. The second kappa shape index (κ2) is 12.8. The molecule has 0 fully saturated rings. The lowest BCUT2D eigenvalue weighted by Crippen LogP contribution is -2.60. The molecule has 32 heavy (non-hydrogen) atoms. The highest BCUT2D eigenvalue weighted by atomic mass is 16.4. The molecule has 0 aliphatic heterocycles. The molecule has 0 saturated heterocycles. The van der Waals surface area contributed by atoms with Crippen LogP contribution in [-0.4, -0.2) is 64.2 Å². The maximum Gasteiger partial charge on any atom is 0.326 e. The van der Waals surface area contributed by atoms with Gasteiger partial charge in [0.1, 0.15) is 18.1 Å². The molecule has 0 bridgehead atoms. The van der Waals surface area contributed by atoms with Gasteiger partial charge in [-0.15, -0.1) is 0 Å². The Kier molecular flexibility index (Phi) is 10.8. The standard InChI is InChI=1S/C22H34N4O6/c1-5-12(2)17(25-21(30)18(14(4)27)26-19(28)13(3)23)20(29)24-16(22(31)32)11-15-9-7-6-8-10-15/h6-10,12-14,16-18,27H,5,11,23H2,1-4H3,(H,24,29)(H,25,30)(H,26,28)(H,31,32). The molecule has 6 atom stereocenters. The van der Waals surface area contributed by atoms with Crippen LogP contribution < -0.4 is 21.7 Å². The first-order chi connectivity index (χ1) is 15.0. The zero-order valence-electron chi connectivity index (χ0n) is 18.9. The van der Waals surface area contributed by atoms with Crippen LogP contribution in [0.3, 0.4) is 0 Å². The second-order valence-corrected chi connectivity index (χ2v) is 7.98. The fraction of sp³-hybridized carbons (Fsp3) is 0.545. The van der Waals surface area contributed by atoms with Crippen LogP contribution in [-0.2, 0) is 25.6 Å². The molecule has 1 rings (SSSR count). The quantitative estimate of drug-likeness (QED) is 0.250. The molecule has 1 aromatic carbocycles. The maximum absolute atomic E-state index is 12.9. The molecule has 3 amide bonds. The van der Waals surface area contributed by atoms with E-state index in [1.165, 1.54) is 13.8 Å². The third kappa shape index (κ3) is 8.27.